The summed E-state index contributed by atoms with van der Waals surface area (Å²) in [5.74, 6) is -0.282. The van der Waals surface area contributed by atoms with E-state index in [0.717, 1.165) is 24.1 Å². The van der Waals surface area contributed by atoms with Gasteiger partial charge in [-0.3, -0.25) is 14.5 Å². The van der Waals surface area contributed by atoms with Gasteiger partial charge >= 0.3 is 0 Å². The molecule has 2 aliphatic heterocycles. The number of thiophene rings is 1. The van der Waals surface area contributed by atoms with Crippen LogP contribution in [0.1, 0.15) is 39.3 Å². The van der Waals surface area contributed by atoms with Crippen molar-refractivity contribution in [1.82, 2.24) is 14.7 Å². The number of amides is 2. The molecule has 0 radical (unpaired) electrons. The summed E-state index contributed by atoms with van der Waals surface area (Å²) in [6.07, 6.45) is 0.881. The Kier molecular flexibility index (Phi) is 6.91. The molecule has 0 unspecified atom stereocenters. The van der Waals surface area contributed by atoms with Crippen LogP contribution in [0, 0.1) is 5.82 Å². The van der Waals surface area contributed by atoms with Gasteiger partial charge in [-0.2, -0.15) is 0 Å². The highest BCUT2D eigenvalue weighted by atomic mass is 35.5. The third-order valence-corrected chi connectivity index (χ3v) is 8.15. The lowest BCUT2D eigenvalue weighted by molar-refractivity contribution is -0.135. The van der Waals surface area contributed by atoms with Crippen LogP contribution in [0.2, 0.25) is 5.02 Å². The standard InChI is InChI=1S/C27H27ClFN3O2S/c1-18-16-30(12-13-32(18)27(34)19-5-7-21(28)8-6-19)25(33)17-31-11-9-24-23(10-14-35-24)26(31)20-3-2-4-22(29)15-20/h2-8,10,14-15,18,26H,9,11-13,16-17H2,1H3/t18-,26+/m1/s1. The molecule has 1 saturated heterocycles. The van der Waals surface area contributed by atoms with Crippen LogP contribution < -0.4 is 0 Å². The average molecular weight is 512 g/mol. The van der Waals surface area contributed by atoms with E-state index in [1.54, 1.807) is 47.7 Å². The Morgan fingerprint density at radius 1 is 1.09 bits per heavy atom. The first-order chi connectivity index (χ1) is 16.9. The van der Waals surface area contributed by atoms with Crippen molar-refractivity contribution in [2.45, 2.75) is 25.4 Å². The molecule has 1 aromatic heterocycles. The van der Waals surface area contributed by atoms with E-state index >= 15 is 0 Å². The second-order valence-corrected chi connectivity index (χ2v) is 10.6. The van der Waals surface area contributed by atoms with Gasteiger partial charge in [0.05, 0.1) is 12.6 Å². The smallest absolute Gasteiger partial charge is 0.254 e. The zero-order valence-electron chi connectivity index (χ0n) is 19.5. The molecule has 5 rings (SSSR count). The maximum Gasteiger partial charge on any atom is 0.254 e. The minimum atomic E-state index is -0.272. The van der Waals surface area contributed by atoms with E-state index in [9.17, 15) is 14.0 Å². The van der Waals surface area contributed by atoms with Gasteiger partial charge in [0.1, 0.15) is 5.82 Å². The van der Waals surface area contributed by atoms with Crippen molar-refractivity contribution < 1.29 is 14.0 Å². The van der Waals surface area contributed by atoms with Gasteiger partial charge in [0, 0.05) is 47.7 Å². The molecular weight excluding hydrogens is 485 g/mol. The normalized spacial score (nSPS) is 20.5. The molecule has 0 N–H and O–H groups in total. The molecule has 2 amide bonds. The quantitative estimate of drug-likeness (QED) is 0.502. The van der Waals surface area contributed by atoms with Gasteiger partial charge in [-0.25, -0.2) is 4.39 Å². The first kappa shape index (κ1) is 24.0. The average Bonchev–Trinajstić information content (AvgIpc) is 3.32. The van der Waals surface area contributed by atoms with Gasteiger partial charge in [0.15, 0.2) is 0 Å². The number of rotatable bonds is 4. The van der Waals surface area contributed by atoms with Crippen LogP contribution in [0.4, 0.5) is 4.39 Å². The number of hydrogen-bond acceptors (Lipinski definition) is 4. The summed E-state index contributed by atoms with van der Waals surface area (Å²) >= 11 is 7.67. The molecule has 0 saturated carbocycles. The number of carbonyl (C=O) groups excluding carboxylic acids is 2. The summed E-state index contributed by atoms with van der Waals surface area (Å²) in [6.45, 7) is 4.43. The van der Waals surface area contributed by atoms with Crippen molar-refractivity contribution in [2.24, 2.45) is 0 Å². The molecule has 8 heteroatoms. The number of hydrogen-bond donors (Lipinski definition) is 0. The molecule has 35 heavy (non-hydrogen) atoms. The van der Waals surface area contributed by atoms with Crippen molar-refractivity contribution in [3.8, 4) is 0 Å². The molecule has 0 bridgehead atoms. The minimum Gasteiger partial charge on any atom is -0.338 e. The van der Waals surface area contributed by atoms with Crippen LogP contribution in [0.5, 0.6) is 0 Å². The molecule has 2 aliphatic rings. The van der Waals surface area contributed by atoms with E-state index in [1.807, 2.05) is 22.8 Å². The second kappa shape index (κ2) is 10.1. The SMILES string of the molecule is C[C@@H]1CN(C(=O)CN2CCc3sccc3[C@@H]2c2cccc(F)c2)CCN1C(=O)c1ccc(Cl)cc1. The number of piperazine rings is 1. The van der Waals surface area contributed by atoms with Gasteiger partial charge in [-0.1, -0.05) is 23.7 Å². The van der Waals surface area contributed by atoms with E-state index in [-0.39, 0.29) is 36.3 Å². The Balaban J connectivity index is 1.28. The van der Waals surface area contributed by atoms with Crippen LogP contribution in [0.25, 0.3) is 0 Å². The van der Waals surface area contributed by atoms with Crippen LogP contribution in [0.15, 0.2) is 60.0 Å². The van der Waals surface area contributed by atoms with Crippen LogP contribution >= 0.6 is 22.9 Å². The largest absolute Gasteiger partial charge is 0.338 e. The van der Waals surface area contributed by atoms with E-state index in [2.05, 4.69) is 16.3 Å². The molecule has 5 nitrogen and oxygen atoms in total. The monoisotopic (exact) mass is 511 g/mol. The number of nitrogens with zero attached hydrogens (tertiary/aromatic N) is 3. The predicted molar refractivity (Wildman–Crippen MR) is 136 cm³/mol. The highest BCUT2D eigenvalue weighted by molar-refractivity contribution is 7.10. The zero-order valence-corrected chi connectivity index (χ0v) is 21.1. The Morgan fingerprint density at radius 2 is 1.89 bits per heavy atom. The number of carbonyl (C=O) groups is 2. The van der Waals surface area contributed by atoms with E-state index in [4.69, 9.17) is 11.6 Å². The molecule has 3 heterocycles. The lowest BCUT2D eigenvalue weighted by Gasteiger charge is -2.42. The van der Waals surface area contributed by atoms with Crippen LogP contribution in [0.3, 0.4) is 0 Å². The first-order valence-electron chi connectivity index (χ1n) is 11.8. The Labute approximate surface area is 213 Å². The van der Waals surface area contributed by atoms with Crippen molar-refractivity contribution in [1.29, 1.82) is 0 Å². The van der Waals surface area contributed by atoms with Crippen LogP contribution in [-0.2, 0) is 11.2 Å². The fourth-order valence-corrected chi connectivity index (χ4v) is 6.15. The summed E-state index contributed by atoms with van der Waals surface area (Å²) < 4.78 is 14.1. The predicted octanol–water partition coefficient (Wildman–Crippen LogP) is 4.86. The number of fused-ring (bicyclic) bond motifs is 1. The summed E-state index contributed by atoms with van der Waals surface area (Å²) in [5, 5.41) is 2.66. The Bertz CT molecular complexity index is 1230. The topological polar surface area (TPSA) is 43.9 Å². The first-order valence-corrected chi connectivity index (χ1v) is 13.1. The summed E-state index contributed by atoms with van der Waals surface area (Å²) in [6, 6.07) is 15.4. The third kappa shape index (κ3) is 4.99. The molecular formula is C27H27ClFN3O2S. The minimum absolute atomic E-state index is 0.0375. The molecule has 1 fully saturated rings. The fourth-order valence-electron chi connectivity index (χ4n) is 5.12. The maximum atomic E-state index is 14.1. The zero-order chi connectivity index (χ0) is 24.5. The van der Waals surface area contributed by atoms with Crippen LogP contribution in [-0.4, -0.2) is 65.3 Å². The molecule has 0 spiro atoms. The van der Waals surface area contributed by atoms with Gasteiger partial charge < -0.3 is 9.80 Å². The van der Waals surface area contributed by atoms with E-state index in [0.29, 0.717) is 30.2 Å². The van der Waals surface area contributed by atoms with E-state index < -0.39 is 0 Å². The lowest BCUT2D eigenvalue weighted by Crippen LogP contribution is -2.57. The molecule has 2 atom stereocenters. The van der Waals surface area contributed by atoms with Gasteiger partial charge in [-0.05, 0) is 72.3 Å². The third-order valence-electron chi connectivity index (χ3n) is 6.90. The van der Waals surface area contributed by atoms with Gasteiger partial charge in [-0.15, -0.1) is 11.3 Å². The second-order valence-electron chi connectivity index (χ2n) is 9.17. The Morgan fingerprint density at radius 3 is 2.63 bits per heavy atom. The van der Waals surface area contributed by atoms with E-state index in [1.165, 1.54) is 10.9 Å². The highest BCUT2D eigenvalue weighted by Crippen LogP contribution is 2.37. The molecule has 182 valence electrons. The molecule has 0 aliphatic carbocycles. The van der Waals surface area contributed by atoms with Gasteiger partial charge in [0.25, 0.3) is 5.91 Å². The summed E-state index contributed by atoms with van der Waals surface area (Å²) in [7, 11) is 0. The Hall–Kier alpha value is -2.74. The summed E-state index contributed by atoms with van der Waals surface area (Å²) in [4.78, 5) is 33.5. The van der Waals surface area contributed by atoms with Crippen molar-refractivity contribution in [2.75, 3.05) is 32.7 Å². The fraction of sp³-hybridized carbons (Fsp3) is 0.333. The van der Waals surface area contributed by atoms with Crippen molar-refractivity contribution >= 4 is 34.8 Å². The molecule has 3 aromatic rings. The molecule has 2 aromatic carbocycles. The van der Waals surface area contributed by atoms with Crippen molar-refractivity contribution in [3.05, 3.63) is 92.4 Å². The number of halogens is 2. The summed E-state index contributed by atoms with van der Waals surface area (Å²) in [5.41, 5.74) is 2.62. The van der Waals surface area contributed by atoms with Gasteiger partial charge in [0.2, 0.25) is 5.91 Å². The lowest BCUT2D eigenvalue weighted by atomic mass is 9.93. The van der Waals surface area contributed by atoms with Crippen molar-refractivity contribution in [3.63, 3.8) is 0 Å². The maximum absolute atomic E-state index is 14.1. The number of benzene rings is 2. The highest BCUT2D eigenvalue weighted by Gasteiger charge is 2.34.